The van der Waals surface area contributed by atoms with E-state index in [9.17, 15) is 9.90 Å². The van der Waals surface area contributed by atoms with Gasteiger partial charge in [-0.1, -0.05) is 47.8 Å². The highest BCUT2D eigenvalue weighted by atomic mass is 80.0. The largest absolute Gasteiger partial charge is 0.520 e. The molecule has 4 nitrogen and oxygen atoms in total. The van der Waals surface area contributed by atoms with Crippen molar-refractivity contribution >= 4 is 53.8 Å². The number of carbonyl (C=O) groups excluding carboxylic acids is 1. The van der Waals surface area contributed by atoms with Gasteiger partial charge in [0.25, 0.3) is 0 Å². The van der Waals surface area contributed by atoms with Gasteiger partial charge in [0.1, 0.15) is 5.76 Å². The molecule has 0 amide bonds. The van der Waals surface area contributed by atoms with Crippen LogP contribution in [0.3, 0.4) is 0 Å². The number of aliphatic hydroxyl groups is 1. The van der Waals surface area contributed by atoms with E-state index in [1.807, 2.05) is 0 Å². The summed E-state index contributed by atoms with van der Waals surface area (Å²) < 4.78 is 3.40. The minimum Gasteiger partial charge on any atom is -0.520 e. The topological polar surface area (TPSA) is 50.9 Å². The smallest absolute Gasteiger partial charge is 0.339 e. The van der Waals surface area contributed by atoms with Gasteiger partial charge < -0.3 is 9.84 Å². The number of hydrogen-bond acceptors (Lipinski definition) is 3. The molecule has 0 aliphatic heterocycles. The van der Waals surface area contributed by atoms with E-state index in [4.69, 9.17) is 6.57 Å². The van der Waals surface area contributed by atoms with Crippen molar-refractivity contribution in [1.82, 2.24) is 0 Å². The van der Waals surface area contributed by atoms with Crippen molar-refractivity contribution < 1.29 is 14.6 Å². The van der Waals surface area contributed by atoms with E-state index in [0.29, 0.717) is 0 Å². The van der Waals surface area contributed by atoms with E-state index >= 15 is 0 Å². The van der Waals surface area contributed by atoms with Crippen LogP contribution < -0.4 is 0 Å². The number of nitrogens with zero attached hydrogens (tertiary/aromatic N) is 1. The molecule has 0 aliphatic rings. The molecule has 0 aliphatic carbocycles. The lowest BCUT2D eigenvalue weighted by Crippen LogP contribution is -2.14. The summed E-state index contributed by atoms with van der Waals surface area (Å²) in [7, 11) is 0. The van der Waals surface area contributed by atoms with Crippen LogP contribution in [0.5, 0.6) is 0 Å². The molecule has 0 unspecified atom stereocenters. The summed E-state index contributed by atoms with van der Waals surface area (Å²) in [4.78, 5) is 14.0. The van der Waals surface area contributed by atoms with Crippen molar-refractivity contribution in [3.8, 4) is 0 Å². The highest BCUT2D eigenvalue weighted by molar-refractivity contribution is 9.39. The van der Waals surface area contributed by atoms with Crippen LogP contribution >= 0.6 is 47.8 Å². The molecule has 0 radical (unpaired) electrons. The Morgan fingerprint density at radius 1 is 1.57 bits per heavy atom. The molecule has 0 aromatic heterocycles. The van der Waals surface area contributed by atoms with Crippen LogP contribution in [0.4, 0.5) is 0 Å². The zero-order chi connectivity index (χ0) is 11.4. The molecular weight excluding hydrogens is 386 g/mol. The van der Waals surface area contributed by atoms with Crippen LogP contribution in [0.2, 0.25) is 0 Å². The van der Waals surface area contributed by atoms with Crippen molar-refractivity contribution in [2.24, 2.45) is 0 Å². The molecule has 0 aromatic rings. The number of hydrogen-bond donors (Lipinski definition) is 1. The number of carbonyl (C=O) groups is 1. The lowest BCUT2D eigenvalue weighted by Gasteiger charge is -2.12. The Hall–Kier alpha value is -0.0600. The van der Waals surface area contributed by atoms with Gasteiger partial charge >= 0.3 is 11.7 Å². The van der Waals surface area contributed by atoms with E-state index in [1.54, 1.807) is 6.92 Å². The summed E-state index contributed by atoms with van der Waals surface area (Å²) in [5.74, 6) is -1.34. The number of halogens is 3. The van der Waals surface area contributed by atoms with E-state index in [-0.39, 0.29) is 6.61 Å². The zero-order valence-corrected chi connectivity index (χ0v) is 11.8. The van der Waals surface area contributed by atoms with Crippen molar-refractivity contribution in [2.75, 3.05) is 6.61 Å². The average Bonchev–Trinajstić information content (AvgIpc) is 2.04. The molecule has 0 fully saturated rings. The lowest BCUT2D eigenvalue weighted by molar-refractivity contribution is -0.138. The summed E-state index contributed by atoms with van der Waals surface area (Å²) in [5.41, 5.74) is -0.475. The second-order valence-corrected chi connectivity index (χ2v) is 8.79. The molecule has 14 heavy (non-hydrogen) atoms. The van der Waals surface area contributed by atoms with Gasteiger partial charge in [-0.3, -0.25) is 4.79 Å². The van der Waals surface area contributed by atoms with Crippen LogP contribution in [0.15, 0.2) is 11.5 Å². The molecule has 0 aromatic carbocycles. The normalized spacial score (nSPS) is 12.8. The first-order valence-corrected chi connectivity index (χ1v) is 5.77. The van der Waals surface area contributed by atoms with E-state index in [1.165, 1.54) is 0 Å². The van der Waals surface area contributed by atoms with Crippen LogP contribution in [0.25, 0.3) is 4.85 Å². The van der Waals surface area contributed by atoms with Gasteiger partial charge in [0.15, 0.2) is 2.14 Å². The second kappa shape index (κ2) is 5.73. The molecule has 1 N–H and O–H groups in total. The molecule has 0 spiro atoms. The molecular formula is C7H6Br3NO3. The number of alkyl halides is 3. The van der Waals surface area contributed by atoms with E-state index in [0.717, 1.165) is 0 Å². The van der Waals surface area contributed by atoms with Gasteiger partial charge in [0.2, 0.25) is 0 Å². The van der Waals surface area contributed by atoms with Crippen LogP contribution in [0, 0.1) is 6.57 Å². The van der Waals surface area contributed by atoms with Gasteiger partial charge in [0, 0.05) is 0 Å². The Bertz CT molecular complexity index is 300. The number of allylic oxidation sites excluding steroid dienone is 1. The Morgan fingerprint density at radius 3 is 2.36 bits per heavy atom. The zero-order valence-electron chi connectivity index (χ0n) is 7.05. The second-order valence-electron chi connectivity index (χ2n) is 2.03. The highest BCUT2D eigenvalue weighted by Crippen LogP contribution is 2.41. The fourth-order valence-corrected chi connectivity index (χ4v) is 1.09. The third-order valence-corrected chi connectivity index (χ3v) is 2.20. The standard InChI is InChI=1S/C7H6Br3NO3/c1-3-14-6(13)4(11-2)5(12)7(8,9)10/h12H,3H2,1H3/b5-4+. The minimum absolute atomic E-state index is 0.144. The first-order valence-electron chi connectivity index (χ1n) is 3.39. The average molecular weight is 392 g/mol. The Labute approximate surface area is 107 Å². The van der Waals surface area contributed by atoms with Gasteiger partial charge in [-0.2, -0.15) is 0 Å². The van der Waals surface area contributed by atoms with Crippen molar-refractivity contribution in [3.05, 3.63) is 22.9 Å². The SMILES string of the molecule is [C-]#[N+]/C(C(=O)OCC)=C(/O)C(Br)(Br)Br. The molecule has 0 saturated carbocycles. The first-order chi connectivity index (χ1) is 6.34. The molecule has 0 atom stereocenters. The number of ether oxygens (including phenoxy) is 1. The summed E-state index contributed by atoms with van der Waals surface area (Å²) >= 11 is 8.94. The predicted molar refractivity (Wildman–Crippen MR) is 62.4 cm³/mol. The number of esters is 1. The Balaban J connectivity index is 5.08. The quantitative estimate of drug-likeness (QED) is 0.259. The van der Waals surface area contributed by atoms with E-state index < -0.39 is 19.6 Å². The van der Waals surface area contributed by atoms with Gasteiger partial charge in [-0.15, -0.1) is 0 Å². The predicted octanol–water partition coefficient (Wildman–Crippen LogP) is 3.08. The fourth-order valence-electron chi connectivity index (χ4n) is 0.529. The number of aliphatic hydroxyl groups excluding tert-OH is 1. The molecule has 0 bridgehead atoms. The van der Waals surface area contributed by atoms with Crippen LogP contribution in [-0.4, -0.2) is 19.8 Å². The Morgan fingerprint density at radius 2 is 2.07 bits per heavy atom. The summed E-state index contributed by atoms with van der Waals surface area (Å²) in [6.07, 6.45) is 0. The number of rotatable bonds is 2. The molecule has 0 rings (SSSR count). The molecule has 0 saturated heterocycles. The van der Waals surface area contributed by atoms with Gasteiger partial charge in [0.05, 0.1) is 13.2 Å². The highest BCUT2D eigenvalue weighted by Gasteiger charge is 2.31. The lowest BCUT2D eigenvalue weighted by atomic mass is 10.4. The van der Waals surface area contributed by atoms with Crippen molar-refractivity contribution in [3.63, 3.8) is 0 Å². The molecule has 7 heteroatoms. The third kappa shape index (κ3) is 3.98. The van der Waals surface area contributed by atoms with Crippen LogP contribution in [0.1, 0.15) is 6.92 Å². The minimum atomic E-state index is -1.18. The van der Waals surface area contributed by atoms with Crippen molar-refractivity contribution in [1.29, 1.82) is 0 Å². The summed E-state index contributed by atoms with van der Waals surface area (Å²) in [5, 5.41) is 9.47. The first kappa shape index (κ1) is 13.9. The van der Waals surface area contributed by atoms with Gasteiger partial charge in [-0.05, 0) is 6.92 Å². The van der Waals surface area contributed by atoms with E-state index in [2.05, 4.69) is 57.4 Å². The maximum atomic E-state index is 11.1. The van der Waals surface area contributed by atoms with Gasteiger partial charge in [-0.25, -0.2) is 4.85 Å². The third-order valence-electron chi connectivity index (χ3n) is 1.07. The van der Waals surface area contributed by atoms with Crippen LogP contribution in [-0.2, 0) is 9.53 Å². The summed E-state index contributed by atoms with van der Waals surface area (Å²) in [6.45, 7) is 8.48. The molecule has 0 heterocycles. The maximum Gasteiger partial charge on any atom is 0.339 e. The summed E-state index contributed by atoms with van der Waals surface area (Å²) in [6, 6.07) is 0. The molecule has 78 valence electrons. The fraction of sp³-hybridized carbons (Fsp3) is 0.429. The van der Waals surface area contributed by atoms with Crippen molar-refractivity contribution in [2.45, 2.75) is 9.07 Å². The monoisotopic (exact) mass is 389 g/mol. The Kier molecular flexibility index (Phi) is 5.71. The maximum absolute atomic E-state index is 11.1.